The Kier molecular flexibility index (Phi) is 7.29. The Morgan fingerprint density at radius 1 is 1.00 bits per heavy atom. The molecule has 0 aliphatic heterocycles. The second kappa shape index (κ2) is 9.67. The molecule has 0 fully saturated rings. The van der Waals surface area contributed by atoms with Crippen molar-refractivity contribution in [1.29, 1.82) is 0 Å². The van der Waals surface area contributed by atoms with E-state index in [4.69, 9.17) is 9.47 Å². The molecule has 10 heteroatoms. The lowest BCUT2D eigenvalue weighted by atomic mass is 10.1. The maximum atomic E-state index is 12.3. The molecule has 0 bridgehead atoms. The van der Waals surface area contributed by atoms with Crippen LogP contribution in [-0.4, -0.2) is 45.3 Å². The van der Waals surface area contributed by atoms with Gasteiger partial charge in [-0.25, -0.2) is 0 Å². The number of rotatable bonds is 8. The van der Waals surface area contributed by atoms with E-state index in [1.54, 1.807) is 29.6 Å². The summed E-state index contributed by atoms with van der Waals surface area (Å²) in [6.45, 7) is -1.67. The fourth-order valence-corrected chi connectivity index (χ4v) is 2.37. The number of carbonyl (C=O) groups is 2. The van der Waals surface area contributed by atoms with E-state index in [0.29, 0.717) is 17.2 Å². The third-order valence-electron chi connectivity index (χ3n) is 3.70. The summed E-state index contributed by atoms with van der Waals surface area (Å²) in [4.78, 5) is 24.2. The van der Waals surface area contributed by atoms with E-state index in [2.05, 4.69) is 10.6 Å². The molecule has 3 N–H and O–H groups in total. The minimum absolute atomic E-state index is 0.00685. The van der Waals surface area contributed by atoms with Gasteiger partial charge in [-0.05, 0) is 12.1 Å². The van der Waals surface area contributed by atoms with Gasteiger partial charge in [0, 0.05) is 29.6 Å². The first-order chi connectivity index (χ1) is 13.7. The molecule has 0 unspecified atom stereocenters. The third-order valence-corrected chi connectivity index (χ3v) is 3.70. The van der Waals surface area contributed by atoms with Gasteiger partial charge in [0.1, 0.15) is 18.0 Å². The first-order valence-electron chi connectivity index (χ1n) is 8.42. The lowest BCUT2D eigenvalue weighted by Crippen LogP contribution is -2.34. The minimum Gasteiger partial charge on any atom is -0.497 e. The number of carbonyl (C=O) groups excluding carboxylic acids is 2. The van der Waals surface area contributed by atoms with E-state index in [-0.39, 0.29) is 17.8 Å². The van der Waals surface area contributed by atoms with Gasteiger partial charge in [-0.15, -0.1) is 0 Å². The second-order valence-corrected chi connectivity index (χ2v) is 5.85. The number of ether oxygens (including phenoxy) is 2. The maximum Gasteiger partial charge on any atom is 0.405 e. The fraction of sp³-hybridized carbons (Fsp3) is 0.263. The predicted molar refractivity (Wildman–Crippen MR) is 101 cm³/mol. The van der Waals surface area contributed by atoms with Crippen LogP contribution in [0.5, 0.6) is 11.5 Å². The number of nitrogens with one attached hydrogen (secondary N) is 3. The summed E-state index contributed by atoms with van der Waals surface area (Å²) in [5.74, 6) is -0.368. The van der Waals surface area contributed by atoms with Crippen LogP contribution in [0, 0.1) is 0 Å². The van der Waals surface area contributed by atoms with Crippen molar-refractivity contribution in [3.05, 3.63) is 48.0 Å². The zero-order valence-corrected chi connectivity index (χ0v) is 15.7. The van der Waals surface area contributed by atoms with Crippen molar-refractivity contribution >= 4 is 23.2 Å². The quantitative estimate of drug-likeness (QED) is 0.622. The normalized spacial score (nSPS) is 10.8. The van der Waals surface area contributed by atoms with Gasteiger partial charge in [-0.2, -0.15) is 13.2 Å². The summed E-state index contributed by atoms with van der Waals surface area (Å²) >= 11 is 0. The van der Waals surface area contributed by atoms with E-state index in [0.717, 1.165) is 0 Å². The molecule has 0 spiro atoms. The monoisotopic (exact) mass is 411 g/mol. The van der Waals surface area contributed by atoms with Gasteiger partial charge in [0.2, 0.25) is 5.91 Å². The van der Waals surface area contributed by atoms with Crippen LogP contribution in [-0.2, 0) is 4.79 Å². The number of hydrogen-bond donors (Lipinski definition) is 3. The van der Waals surface area contributed by atoms with Crippen LogP contribution in [0.15, 0.2) is 42.5 Å². The Morgan fingerprint density at radius 2 is 1.62 bits per heavy atom. The predicted octanol–water partition coefficient (Wildman–Crippen LogP) is 3.05. The van der Waals surface area contributed by atoms with Crippen molar-refractivity contribution in [2.24, 2.45) is 0 Å². The molecule has 0 heterocycles. The molecule has 2 aromatic carbocycles. The van der Waals surface area contributed by atoms with Crippen LogP contribution in [0.2, 0.25) is 0 Å². The number of alkyl halides is 3. The molecular weight excluding hydrogens is 391 g/mol. The molecule has 29 heavy (non-hydrogen) atoms. The fourth-order valence-electron chi connectivity index (χ4n) is 2.37. The highest BCUT2D eigenvalue weighted by Gasteiger charge is 2.28. The zero-order chi connectivity index (χ0) is 21.4. The third kappa shape index (κ3) is 6.91. The van der Waals surface area contributed by atoms with E-state index >= 15 is 0 Å². The summed E-state index contributed by atoms with van der Waals surface area (Å²) < 4.78 is 47.2. The molecule has 0 saturated carbocycles. The van der Waals surface area contributed by atoms with Crippen molar-refractivity contribution in [3.63, 3.8) is 0 Å². The number of methoxy groups -OCH3 is 2. The highest BCUT2D eigenvalue weighted by atomic mass is 19.4. The van der Waals surface area contributed by atoms with Crippen LogP contribution >= 0.6 is 0 Å². The van der Waals surface area contributed by atoms with Crippen LogP contribution in [0.1, 0.15) is 10.4 Å². The van der Waals surface area contributed by atoms with Gasteiger partial charge < -0.3 is 25.4 Å². The summed E-state index contributed by atoms with van der Waals surface area (Å²) in [5, 5.41) is 7.20. The molecule has 7 nitrogen and oxygen atoms in total. The number of anilines is 2. The highest BCUT2D eigenvalue weighted by molar-refractivity contribution is 6.01. The number of amides is 2. The number of hydrogen-bond acceptors (Lipinski definition) is 5. The van der Waals surface area contributed by atoms with Crippen molar-refractivity contribution in [1.82, 2.24) is 5.32 Å². The van der Waals surface area contributed by atoms with Crippen molar-refractivity contribution < 1.29 is 32.2 Å². The summed E-state index contributed by atoms with van der Waals surface area (Å²) in [6.07, 6.45) is -4.52. The van der Waals surface area contributed by atoms with Crippen LogP contribution < -0.4 is 25.4 Å². The van der Waals surface area contributed by atoms with Crippen molar-refractivity contribution in [3.8, 4) is 11.5 Å². The summed E-state index contributed by atoms with van der Waals surface area (Å²) in [7, 11) is 2.95. The summed E-state index contributed by atoms with van der Waals surface area (Å²) in [6, 6.07) is 10.8. The van der Waals surface area contributed by atoms with Crippen molar-refractivity contribution in [2.75, 3.05) is 37.9 Å². The second-order valence-electron chi connectivity index (χ2n) is 5.85. The Balaban J connectivity index is 2.01. The average molecular weight is 411 g/mol. The topological polar surface area (TPSA) is 88.7 Å². The van der Waals surface area contributed by atoms with Gasteiger partial charge >= 0.3 is 6.18 Å². The lowest BCUT2D eigenvalue weighted by Gasteiger charge is -2.14. The lowest BCUT2D eigenvalue weighted by molar-refractivity contribution is -0.123. The molecule has 156 valence electrons. The average Bonchev–Trinajstić information content (AvgIpc) is 2.69. The smallest absolute Gasteiger partial charge is 0.405 e. The molecule has 0 saturated heterocycles. The summed E-state index contributed by atoms with van der Waals surface area (Å²) in [5.41, 5.74) is 0.655. The van der Waals surface area contributed by atoms with Gasteiger partial charge in [0.25, 0.3) is 5.91 Å². The molecule has 2 amide bonds. The largest absolute Gasteiger partial charge is 0.497 e. The highest BCUT2D eigenvalue weighted by Crippen LogP contribution is 2.25. The molecular formula is C19H20F3N3O4. The van der Waals surface area contributed by atoms with Crippen LogP contribution in [0.4, 0.5) is 24.5 Å². The SMILES string of the molecule is COc1cc(NC(=O)CNc2ccccc2C(=O)NCC(F)(F)F)cc(OC)c1. The van der Waals surface area contributed by atoms with Gasteiger partial charge in [0.05, 0.1) is 26.3 Å². The number of benzene rings is 2. The molecule has 0 aliphatic rings. The van der Waals surface area contributed by atoms with E-state index < -0.39 is 24.5 Å². The van der Waals surface area contributed by atoms with Crippen molar-refractivity contribution in [2.45, 2.75) is 6.18 Å². The van der Waals surface area contributed by atoms with Gasteiger partial charge in [0.15, 0.2) is 0 Å². The van der Waals surface area contributed by atoms with E-state index in [9.17, 15) is 22.8 Å². The minimum atomic E-state index is -4.52. The maximum absolute atomic E-state index is 12.3. The van der Waals surface area contributed by atoms with Crippen LogP contribution in [0.3, 0.4) is 0 Å². The number of para-hydroxylation sites is 1. The molecule has 0 aromatic heterocycles. The van der Waals surface area contributed by atoms with Gasteiger partial charge in [-0.3, -0.25) is 9.59 Å². The van der Waals surface area contributed by atoms with Gasteiger partial charge in [-0.1, -0.05) is 12.1 Å². The molecule has 0 aliphatic carbocycles. The standard InChI is InChI=1S/C19H20F3N3O4/c1-28-13-7-12(8-14(9-13)29-2)25-17(26)10-23-16-6-4-3-5-15(16)18(27)24-11-19(20,21)22/h3-9,23H,10-11H2,1-2H3,(H,24,27)(H,25,26). The van der Waals surface area contributed by atoms with E-state index in [1.807, 2.05) is 0 Å². The van der Waals surface area contributed by atoms with Crippen LogP contribution in [0.25, 0.3) is 0 Å². The zero-order valence-electron chi connectivity index (χ0n) is 15.7. The molecule has 0 atom stereocenters. The Hall–Kier alpha value is -3.43. The Morgan fingerprint density at radius 3 is 2.21 bits per heavy atom. The van der Waals surface area contributed by atoms with E-state index in [1.165, 1.54) is 32.4 Å². The Bertz CT molecular complexity index is 850. The molecule has 0 radical (unpaired) electrons. The first kappa shape index (κ1) is 21.9. The first-order valence-corrected chi connectivity index (χ1v) is 8.42. The molecule has 2 rings (SSSR count). The molecule has 2 aromatic rings. The number of halogens is 3. The Labute approximate surface area is 165 Å².